The summed E-state index contributed by atoms with van der Waals surface area (Å²) in [6.45, 7) is 2.55. The number of hydrogen-bond acceptors (Lipinski definition) is 1. The van der Waals surface area contributed by atoms with Gasteiger partial charge in [0, 0.05) is 6.42 Å². The smallest absolute Gasteiger partial charge is 0.144 e. The Morgan fingerprint density at radius 1 is 1.24 bits per heavy atom. The molecule has 0 spiro atoms. The molecule has 1 nitrogen and oxygen atoms in total. The van der Waals surface area contributed by atoms with E-state index < -0.39 is 0 Å². The van der Waals surface area contributed by atoms with Crippen molar-refractivity contribution >= 4 is 0 Å². The second-order valence-electron chi connectivity index (χ2n) is 3.73. The lowest BCUT2D eigenvalue weighted by Gasteiger charge is -2.09. The Balaban J connectivity index is 2.38. The first-order valence-corrected chi connectivity index (χ1v) is 5.97. The molecular formula is C16H18O. The van der Waals surface area contributed by atoms with Crippen molar-refractivity contribution in [3.8, 4) is 24.2 Å². The highest BCUT2D eigenvalue weighted by Crippen LogP contribution is 2.15. The minimum Gasteiger partial charge on any atom is -0.348 e. The molecule has 0 N–H and O–H groups in total. The number of terminal acetylenes is 1. The third kappa shape index (κ3) is 5.25. The highest BCUT2D eigenvalue weighted by molar-refractivity contribution is 5.23. The van der Waals surface area contributed by atoms with Gasteiger partial charge in [-0.15, -0.1) is 12.3 Å². The van der Waals surface area contributed by atoms with Crippen molar-refractivity contribution in [2.24, 2.45) is 0 Å². The Kier molecular flexibility index (Phi) is 6.64. The van der Waals surface area contributed by atoms with Crippen molar-refractivity contribution in [1.29, 1.82) is 0 Å². The predicted octanol–water partition coefficient (Wildman–Crippen LogP) is 3.57. The lowest BCUT2D eigenvalue weighted by atomic mass is 10.1. The molecule has 0 amide bonds. The molecular weight excluding hydrogens is 208 g/mol. The third-order valence-electron chi connectivity index (χ3n) is 2.36. The summed E-state index contributed by atoms with van der Waals surface area (Å²) < 4.78 is 5.55. The Hall–Kier alpha value is -1.70. The van der Waals surface area contributed by atoms with Crippen LogP contribution in [0, 0.1) is 24.2 Å². The van der Waals surface area contributed by atoms with Gasteiger partial charge in [-0.1, -0.05) is 55.5 Å². The molecule has 0 aliphatic heterocycles. The summed E-state index contributed by atoms with van der Waals surface area (Å²) in [6, 6.07) is 9.80. The fourth-order valence-corrected chi connectivity index (χ4v) is 1.40. The van der Waals surface area contributed by atoms with Crippen LogP contribution < -0.4 is 0 Å². The minimum absolute atomic E-state index is 0.295. The SMILES string of the molecule is C#CC(OCC#CCCCC)c1ccccc1. The molecule has 1 unspecified atom stereocenters. The molecule has 0 saturated heterocycles. The van der Waals surface area contributed by atoms with Crippen molar-refractivity contribution in [2.45, 2.75) is 32.3 Å². The highest BCUT2D eigenvalue weighted by atomic mass is 16.5. The van der Waals surface area contributed by atoms with Gasteiger partial charge in [0.05, 0.1) is 0 Å². The van der Waals surface area contributed by atoms with Crippen LogP contribution in [-0.2, 0) is 4.74 Å². The summed E-state index contributed by atoms with van der Waals surface area (Å²) in [6.07, 6.45) is 8.40. The second-order valence-corrected chi connectivity index (χ2v) is 3.73. The zero-order valence-corrected chi connectivity index (χ0v) is 10.3. The summed E-state index contributed by atoms with van der Waals surface area (Å²) >= 11 is 0. The molecule has 0 heterocycles. The molecule has 17 heavy (non-hydrogen) atoms. The van der Waals surface area contributed by atoms with E-state index in [9.17, 15) is 0 Å². The number of hydrogen-bond donors (Lipinski definition) is 0. The van der Waals surface area contributed by atoms with Gasteiger partial charge in [-0.3, -0.25) is 0 Å². The van der Waals surface area contributed by atoms with E-state index in [4.69, 9.17) is 11.2 Å². The van der Waals surface area contributed by atoms with Gasteiger partial charge in [0.2, 0.25) is 0 Å². The fraction of sp³-hybridized carbons (Fsp3) is 0.375. The third-order valence-corrected chi connectivity index (χ3v) is 2.36. The van der Waals surface area contributed by atoms with E-state index in [1.807, 2.05) is 30.3 Å². The van der Waals surface area contributed by atoms with Gasteiger partial charge >= 0.3 is 0 Å². The van der Waals surface area contributed by atoms with Gasteiger partial charge in [-0.2, -0.15) is 0 Å². The van der Waals surface area contributed by atoms with Gasteiger partial charge in [0.1, 0.15) is 12.7 Å². The first-order valence-electron chi connectivity index (χ1n) is 5.97. The van der Waals surface area contributed by atoms with Crippen molar-refractivity contribution < 1.29 is 4.74 Å². The van der Waals surface area contributed by atoms with Gasteiger partial charge in [-0.05, 0) is 12.0 Å². The first kappa shape index (κ1) is 13.4. The Morgan fingerprint density at radius 3 is 2.65 bits per heavy atom. The topological polar surface area (TPSA) is 9.23 Å². The Labute approximate surface area is 104 Å². The van der Waals surface area contributed by atoms with Gasteiger partial charge in [0.15, 0.2) is 0 Å². The normalized spacial score (nSPS) is 11.1. The zero-order valence-electron chi connectivity index (χ0n) is 10.3. The lowest BCUT2D eigenvalue weighted by Crippen LogP contribution is -2.01. The molecule has 1 aromatic carbocycles. The molecule has 1 aromatic rings. The van der Waals surface area contributed by atoms with E-state index in [1.54, 1.807) is 0 Å². The molecule has 1 heteroatoms. The minimum atomic E-state index is -0.295. The highest BCUT2D eigenvalue weighted by Gasteiger charge is 2.05. The summed E-state index contributed by atoms with van der Waals surface area (Å²) in [5, 5.41) is 0. The van der Waals surface area contributed by atoms with Crippen molar-refractivity contribution in [1.82, 2.24) is 0 Å². The van der Waals surface area contributed by atoms with Crippen LogP contribution >= 0.6 is 0 Å². The van der Waals surface area contributed by atoms with E-state index in [2.05, 4.69) is 24.7 Å². The van der Waals surface area contributed by atoms with Crippen molar-refractivity contribution in [3.05, 3.63) is 35.9 Å². The molecule has 0 radical (unpaired) electrons. The van der Waals surface area contributed by atoms with E-state index in [-0.39, 0.29) is 6.10 Å². The molecule has 1 rings (SSSR count). The summed E-state index contributed by atoms with van der Waals surface area (Å²) in [7, 11) is 0. The molecule has 0 bridgehead atoms. The van der Waals surface area contributed by atoms with Crippen LogP contribution in [0.4, 0.5) is 0 Å². The number of benzene rings is 1. The average Bonchev–Trinajstić information content (AvgIpc) is 2.39. The summed E-state index contributed by atoms with van der Waals surface area (Å²) in [4.78, 5) is 0. The molecule has 0 saturated carbocycles. The van der Waals surface area contributed by atoms with Crippen LogP contribution in [0.1, 0.15) is 37.9 Å². The van der Waals surface area contributed by atoms with Crippen LogP contribution in [0.25, 0.3) is 0 Å². The molecule has 0 fully saturated rings. The molecule has 0 aliphatic rings. The number of ether oxygens (including phenoxy) is 1. The van der Waals surface area contributed by atoms with Crippen LogP contribution in [-0.4, -0.2) is 6.61 Å². The molecule has 0 aliphatic carbocycles. The maximum absolute atomic E-state index is 5.55. The summed E-state index contributed by atoms with van der Waals surface area (Å²) in [5.41, 5.74) is 1.00. The molecule has 0 aromatic heterocycles. The predicted molar refractivity (Wildman–Crippen MR) is 71.3 cm³/mol. The van der Waals surface area contributed by atoms with E-state index in [0.717, 1.165) is 18.4 Å². The summed E-state index contributed by atoms with van der Waals surface area (Å²) in [5.74, 6) is 8.69. The van der Waals surface area contributed by atoms with Crippen LogP contribution in [0.5, 0.6) is 0 Å². The molecule has 1 atom stereocenters. The molecule has 88 valence electrons. The quantitative estimate of drug-likeness (QED) is 0.551. The maximum Gasteiger partial charge on any atom is 0.144 e. The Morgan fingerprint density at radius 2 is 2.00 bits per heavy atom. The monoisotopic (exact) mass is 226 g/mol. The van der Waals surface area contributed by atoms with E-state index >= 15 is 0 Å². The number of unbranched alkanes of at least 4 members (excludes halogenated alkanes) is 2. The fourth-order valence-electron chi connectivity index (χ4n) is 1.40. The van der Waals surface area contributed by atoms with Crippen molar-refractivity contribution in [3.63, 3.8) is 0 Å². The van der Waals surface area contributed by atoms with E-state index in [1.165, 1.54) is 6.42 Å². The second kappa shape index (κ2) is 8.45. The lowest BCUT2D eigenvalue weighted by molar-refractivity contribution is 0.121. The zero-order chi connectivity index (χ0) is 12.3. The largest absolute Gasteiger partial charge is 0.348 e. The average molecular weight is 226 g/mol. The standard InChI is InChI=1S/C16H18O/c1-3-5-6-7-11-14-17-16(4-2)15-12-9-8-10-13-15/h2,8-10,12-13,16H,3,5-6,14H2,1H3. The van der Waals surface area contributed by atoms with Crippen LogP contribution in [0.2, 0.25) is 0 Å². The van der Waals surface area contributed by atoms with Gasteiger partial charge in [0.25, 0.3) is 0 Å². The van der Waals surface area contributed by atoms with Crippen LogP contribution in [0.15, 0.2) is 30.3 Å². The van der Waals surface area contributed by atoms with Gasteiger partial charge < -0.3 is 4.74 Å². The first-order chi connectivity index (χ1) is 8.38. The van der Waals surface area contributed by atoms with E-state index in [0.29, 0.717) is 6.61 Å². The maximum atomic E-state index is 5.55. The Bertz CT molecular complexity index is 403. The van der Waals surface area contributed by atoms with Crippen LogP contribution in [0.3, 0.4) is 0 Å². The van der Waals surface area contributed by atoms with Gasteiger partial charge in [-0.25, -0.2) is 0 Å². The number of rotatable bonds is 5. The van der Waals surface area contributed by atoms with Crippen molar-refractivity contribution in [2.75, 3.05) is 6.61 Å².